The van der Waals surface area contributed by atoms with Crippen molar-refractivity contribution < 1.29 is 14.4 Å². The van der Waals surface area contributed by atoms with Crippen molar-refractivity contribution in [3.8, 4) is 16.5 Å². The fourth-order valence-corrected chi connectivity index (χ4v) is 2.43. The second-order valence-corrected chi connectivity index (χ2v) is 4.58. The van der Waals surface area contributed by atoms with Crippen LogP contribution in [0, 0.1) is 0 Å². The van der Waals surface area contributed by atoms with Gasteiger partial charge in [0.1, 0.15) is 5.01 Å². The predicted molar refractivity (Wildman–Crippen MR) is 71.0 cm³/mol. The number of hydrogen-bond donors (Lipinski definition) is 0. The summed E-state index contributed by atoms with van der Waals surface area (Å²) in [7, 11) is 4.44. The van der Waals surface area contributed by atoms with E-state index in [1.54, 1.807) is 12.4 Å². The number of carbonyl (C=O) groups excluding carboxylic acids is 1. The Morgan fingerprint density at radius 2 is 2.00 bits per heavy atom. The van der Waals surface area contributed by atoms with Crippen LogP contribution >= 0.6 is 11.3 Å². The standard InChI is InChI=1S/C12H13N3O3S/c1-15(18-3)12(16)9-10(17-2)14-11(19-9)8-4-6-13-7-5-8/h4-7H,1-3H3. The Morgan fingerprint density at radius 1 is 1.32 bits per heavy atom. The second-order valence-electron chi connectivity index (χ2n) is 3.58. The van der Waals surface area contributed by atoms with Crippen LogP contribution in [-0.2, 0) is 4.84 Å². The zero-order valence-electron chi connectivity index (χ0n) is 10.8. The number of hydrogen-bond acceptors (Lipinski definition) is 6. The molecule has 0 N–H and O–H groups in total. The molecule has 0 aromatic carbocycles. The van der Waals surface area contributed by atoms with E-state index in [2.05, 4.69) is 9.97 Å². The highest BCUT2D eigenvalue weighted by atomic mass is 32.1. The summed E-state index contributed by atoms with van der Waals surface area (Å²) in [4.78, 5) is 25.6. The first-order valence-corrected chi connectivity index (χ1v) is 6.26. The van der Waals surface area contributed by atoms with Crippen molar-refractivity contribution in [2.24, 2.45) is 0 Å². The van der Waals surface area contributed by atoms with Gasteiger partial charge in [0, 0.05) is 25.0 Å². The molecule has 0 fully saturated rings. The molecule has 0 spiro atoms. The van der Waals surface area contributed by atoms with Crippen molar-refractivity contribution in [3.63, 3.8) is 0 Å². The Kier molecular flexibility index (Phi) is 4.08. The summed E-state index contributed by atoms with van der Waals surface area (Å²) in [5, 5.41) is 1.83. The first-order valence-electron chi connectivity index (χ1n) is 5.44. The van der Waals surface area contributed by atoms with Crippen LogP contribution in [-0.4, -0.2) is 42.2 Å². The zero-order valence-corrected chi connectivity index (χ0v) is 11.6. The summed E-state index contributed by atoms with van der Waals surface area (Å²) >= 11 is 1.25. The highest BCUT2D eigenvalue weighted by Crippen LogP contribution is 2.32. The fourth-order valence-electron chi connectivity index (χ4n) is 1.42. The van der Waals surface area contributed by atoms with Gasteiger partial charge in [-0.05, 0) is 12.1 Å². The van der Waals surface area contributed by atoms with Gasteiger partial charge in [0.2, 0.25) is 5.88 Å². The summed E-state index contributed by atoms with van der Waals surface area (Å²) in [6.45, 7) is 0. The first-order chi connectivity index (χ1) is 9.17. The maximum atomic E-state index is 12.1. The Balaban J connectivity index is 2.41. The molecule has 2 heterocycles. The van der Waals surface area contributed by atoms with Crippen molar-refractivity contribution in [1.29, 1.82) is 0 Å². The van der Waals surface area contributed by atoms with Crippen LogP contribution in [0.4, 0.5) is 0 Å². The van der Waals surface area contributed by atoms with E-state index in [1.165, 1.54) is 32.6 Å². The number of amides is 1. The molecule has 0 aliphatic rings. The van der Waals surface area contributed by atoms with E-state index in [0.717, 1.165) is 10.6 Å². The van der Waals surface area contributed by atoms with Gasteiger partial charge in [0.15, 0.2) is 4.88 Å². The van der Waals surface area contributed by atoms with Gasteiger partial charge in [-0.3, -0.25) is 14.6 Å². The van der Waals surface area contributed by atoms with E-state index in [4.69, 9.17) is 9.57 Å². The van der Waals surface area contributed by atoms with E-state index in [0.29, 0.717) is 15.8 Å². The minimum atomic E-state index is -0.294. The largest absolute Gasteiger partial charge is 0.480 e. The molecule has 0 radical (unpaired) electrons. The van der Waals surface area contributed by atoms with Crippen molar-refractivity contribution in [1.82, 2.24) is 15.0 Å². The molecule has 19 heavy (non-hydrogen) atoms. The Labute approximate surface area is 114 Å². The smallest absolute Gasteiger partial charge is 0.292 e. The number of aromatic nitrogens is 2. The molecule has 0 saturated carbocycles. The van der Waals surface area contributed by atoms with Crippen molar-refractivity contribution in [2.75, 3.05) is 21.3 Å². The number of nitrogens with zero attached hydrogens (tertiary/aromatic N) is 3. The van der Waals surface area contributed by atoms with Crippen molar-refractivity contribution in [2.45, 2.75) is 0 Å². The van der Waals surface area contributed by atoms with Gasteiger partial charge in [-0.15, -0.1) is 11.3 Å². The lowest BCUT2D eigenvalue weighted by molar-refractivity contribution is -0.0755. The molecule has 0 bridgehead atoms. The summed E-state index contributed by atoms with van der Waals surface area (Å²) < 4.78 is 5.14. The molecule has 2 aromatic rings. The molecule has 0 saturated heterocycles. The first kappa shape index (κ1) is 13.4. The number of methoxy groups -OCH3 is 1. The minimum Gasteiger partial charge on any atom is -0.480 e. The Hall–Kier alpha value is -1.99. The van der Waals surface area contributed by atoms with Gasteiger partial charge >= 0.3 is 0 Å². The SMILES string of the molecule is COc1nc(-c2ccncc2)sc1C(=O)N(C)OC. The molecule has 2 aromatic heterocycles. The predicted octanol–water partition coefficient (Wildman–Crippen LogP) is 1.85. The molecule has 0 aliphatic heterocycles. The van der Waals surface area contributed by atoms with Gasteiger partial charge in [0.25, 0.3) is 5.91 Å². The molecule has 100 valence electrons. The molecular weight excluding hydrogens is 266 g/mol. The molecule has 1 amide bonds. The van der Waals surface area contributed by atoms with Crippen molar-refractivity contribution >= 4 is 17.2 Å². The summed E-state index contributed by atoms with van der Waals surface area (Å²) in [5.41, 5.74) is 0.886. The maximum Gasteiger partial charge on any atom is 0.292 e. The van der Waals surface area contributed by atoms with Gasteiger partial charge < -0.3 is 4.74 Å². The number of pyridine rings is 1. The van der Waals surface area contributed by atoms with Crippen LogP contribution in [0.2, 0.25) is 0 Å². The summed E-state index contributed by atoms with van der Waals surface area (Å²) in [5.74, 6) is 0.00266. The topological polar surface area (TPSA) is 64.6 Å². The second kappa shape index (κ2) is 5.77. The van der Waals surface area contributed by atoms with Crippen molar-refractivity contribution in [3.05, 3.63) is 29.4 Å². The maximum absolute atomic E-state index is 12.1. The summed E-state index contributed by atoms with van der Waals surface area (Å²) in [6.07, 6.45) is 3.35. The average molecular weight is 279 g/mol. The van der Waals surface area contributed by atoms with E-state index < -0.39 is 0 Å². The third-order valence-electron chi connectivity index (χ3n) is 2.47. The van der Waals surface area contributed by atoms with Gasteiger partial charge in [-0.1, -0.05) is 0 Å². The molecular formula is C12H13N3O3S. The molecule has 6 nitrogen and oxygen atoms in total. The summed E-state index contributed by atoms with van der Waals surface area (Å²) in [6, 6.07) is 3.65. The molecule has 7 heteroatoms. The van der Waals surface area contributed by atoms with Crippen LogP contribution in [0.1, 0.15) is 9.67 Å². The Morgan fingerprint density at radius 3 is 2.58 bits per heavy atom. The monoisotopic (exact) mass is 279 g/mol. The average Bonchev–Trinajstić information content (AvgIpc) is 2.90. The number of thiazole rings is 1. The van der Waals surface area contributed by atoms with Crippen LogP contribution < -0.4 is 4.74 Å². The van der Waals surface area contributed by atoms with E-state index in [9.17, 15) is 4.79 Å². The van der Waals surface area contributed by atoms with Crippen LogP contribution in [0.25, 0.3) is 10.6 Å². The number of rotatable bonds is 4. The number of hydroxylamine groups is 2. The van der Waals surface area contributed by atoms with E-state index >= 15 is 0 Å². The highest BCUT2D eigenvalue weighted by Gasteiger charge is 2.22. The van der Waals surface area contributed by atoms with Gasteiger partial charge in [0.05, 0.1) is 14.2 Å². The lowest BCUT2D eigenvalue weighted by Gasteiger charge is -2.12. The normalized spacial score (nSPS) is 10.3. The number of carbonyl (C=O) groups is 1. The van der Waals surface area contributed by atoms with Crippen LogP contribution in [0.15, 0.2) is 24.5 Å². The van der Waals surface area contributed by atoms with E-state index in [1.807, 2.05) is 12.1 Å². The highest BCUT2D eigenvalue weighted by molar-refractivity contribution is 7.17. The third-order valence-corrected chi connectivity index (χ3v) is 3.54. The molecule has 0 aliphatic carbocycles. The molecule has 2 rings (SSSR count). The molecule has 0 unspecified atom stereocenters. The lowest BCUT2D eigenvalue weighted by Crippen LogP contribution is -2.24. The third kappa shape index (κ3) is 2.72. The Bertz CT molecular complexity index is 571. The van der Waals surface area contributed by atoms with Gasteiger partial charge in [-0.25, -0.2) is 10.0 Å². The van der Waals surface area contributed by atoms with Crippen LogP contribution in [0.3, 0.4) is 0 Å². The molecule has 0 atom stereocenters. The van der Waals surface area contributed by atoms with Gasteiger partial charge in [-0.2, -0.15) is 0 Å². The quantitative estimate of drug-likeness (QED) is 0.799. The zero-order chi connectivity index (χ0) is 13.8. The van der Waals surface area contributed by atoms with Crippen LogP contribution in [0.5, 0.6) is 5.88 Å². The fraction of sp³-hybridized carbons (Fsp3) is 0.250. The van der Waals surface area contributed by atoms with E-state index in [-0.39, 0.29) is 5.91 Å². The number of ether oxygens (including phenoxy) is 1. The minimum absolute atomic E-state index is 0.294. The lowest BCUT2D eigenvalue weighted by atomic mass is 10.3.